The first kappa shape index (κ1) is 26.1. The summed E-state index contributed by atoms with van der Waals surface area (Å²) in [6, 6.07) is 61.7. The molecule has 0 spiro atoms. The molecule has 0 atom stereocenters. The summed E-state index contributed by atoms with van der Waals surface area (Å²) in [5.74, 6) is 0. The molecule has 0 aliphatic heterocycles. The largest absolute Gasteiger partial charge is 0.456 e. The molecular formula is C46H28O. The van der Waals surface area contributed by atoms with Crippen molar-refractivity contribution in [3.05, 3.63) is 170 Å². The summed E-state index contributed by atoms with van der Waals surface area (Å²) in [7, 11) is 0. The predicted octanol–water partition coefficient (Wildman–Crippen LogP) is 13.2. The van der Waals surface area contributed by atoms with Gasteiger partial charge in [-0.25, -0.2) is 0 Å². The molecule has 1 aromatic heterocycles. The third-order valence-electron chi connectivity index (χ3n) is 9.83. The molecule has 1 heterocycles. The van der Waals surface area contributed by atoms with Crippen LogP contribution in [0.4, 0.5) is 0 Å². The Bertz CT molecular complexity index is 2840. The molecule has 0 saturated carbocycles. The van der Waals surface area contributed by atoms with Crippen molar-refractivity contribution in [1.29, 1.82) is 0 Å². The average Bonchev–Trinajstić information content (AvgIpc) is 3.52. The Morgan fingerprint density at radius 2 is 0.851 bits per heavy atom. The molecule has 0 amide bonds. The van der Waals surface area contributed by atoms with Crippen LogP contribution in [0.2, 0.25) is 0 Å². The Labute approximate surface area is 271 Å². The number of rotatable bonds is 3. The maximum atomic E-state index is 6.24. The van der Waals surface area contributed by atoms with Crippen LogP contribution < -0.4 is 0 Å². The number of para-hydroxylation sites is 1. The van der Waals surface area contributed by atoms with Gasteiger partial charge in [0.05, 0.1) is 0 Å². The van der Waals surface area contributed by atoms with Gasteiger partial charge in [0.25, 0.3) is 0 Å². The van der Waals surface area contributed by atoms with E-state index in [0.717, 1.165) is 21.9 Å². The Morgan fingerprint density at radius 1 is 0.277 bits per heavy atom. The van der Waals surface area contributed by atoms with Crippen molar-refractivity contribution in [3.8, 4) is 33.4 Å². The summed E-state index contributed by atoms with van der Waals surface area (Å²) in [5, 5.41) is 12.3. The van der Waals surface area contributed by atoms with E-state index in [-0.39, 0.29) is 0 Å². The Morgan fingerprint density at radius 3 is 1.68 bits per heavy atom. The number of benzene rings is 9. The van der Waals surface area contributed by atoms with E-state index in [1.165, 1.54) is 76.5 Å². The van der Waals surface area contributed by atoms with Gasteiger partial charge in [0.2, 0.25) is 0 Å². The standard InChI is InChI=1S/C46H28O/c1-2-12-29(13-3-1)30-22-24-39-42(26-30)46(41-27-31-14-4-5-15-33(31)34-16-6-7-17-35(34)41)38-20-9-8-19-37(38)45(39)32-23-25-44-40(28-32)36-18-10-11-21-43(36)47-44/h1-28H. The zero-order chi connectivity index (χ0) is 30.9. The van der Waals surface area contributed by atoms with Crippen molar-refractivity contribution in [2.24, 2.45) is 0 Å². The van der Waals surface area contributed by atoms with Gasteiger partial charge < -0.3 is 4.42 Å². The van der Waals surface area contributed by atoms with Crippen LogP contribution in [0.3, 0.4) is 0 Å². The average molecular weight is 597 g/mol. The molecule has 0 bridgehead atoms. The third kappa shape index (κ3) is 3.97. The van der Waals surface area contributed by atoms with Crippen molar-refractivity contribution in [2.75, 3.05) is 0 Å². The van der Waals surface area contributed by atoms with Gasteiger partial charge >= 0.3 is 0 Å². The maximum absolute atomic E-state index is 6.24. The van der Waals surface area contributed by atoms with Crippen LogP contribution in [0.15, 0.2) is 174 Å². The van der Waals surface area contributed by atoms with Gasteiger partial charge in [-0.2, -0.15) is 0 Å². The highest BCUT2D eigenvalue weighted by molar-refractivity contribution is 6.26. The van der Waals surface area contributed by atoms with E-state index in [1.807, 2.05) is 12.1 Å². The molecule has 9 aromatic carbocycles. The smallest absolute Gasteiger partial charge is 0.135 e. The number of furan rings is 1. The number of hydrogen-bond donors (Lipinski definition) is 0. The van der Waals surface area contributed by atoms with Gasteiger partial charge in [-0.15, -0.1) is 0 Å². The van der Waals surface area contributed by atoms with Crippen molar-refractivity contribution < 1.29 is 4.42 Å². The van der Waals surface area contributed by atoms with Crippen molar-refractivity contribution in [1.82, 2.24) is 0 Å². The predicted molar refractivity (Wildman–Crippen MR) is 200 cm³/mol. The topological polar surface area (TPSA) is 13.1 Å². The normalized spacial score (nSPS) is 11.8. The molecule has 0 unspecified atom stereocenters. The second kappa shape index (κ2) is 10.2. The van der Waals surface area contributed by atoms with E-state index in [9.17, 15) is 0 Å². The molecule has 47 heavy (non-hydrogen) atoms. The lowest BCUT2D eigenvalue weighted by Crippen LogP contribution is -1.93. The minimum atomic E-state index is 0.911. The number of hydrogen-bond acceptors (Lipinski definition) is 1. The fourth-order valence-electron chi connectivity index (χ4n) is 7.73. The lowest BCUT2D eigenvalue weighted by molar-refractivity contribution is 0.669. The first-order valence-electron chi connectivity index (χ1n) is 16.2. The SMILES string of the molecule is c1ccc(-c2ccc3c(-c4ccc5oc6ccccc6c5c4)c4ccccc4c(-c4cc5ccccc5c5ccccc45)c3c2)cc1. The van der Waals surface area contributed by atoms with E-state index < -0.39 is 0 Å². The molecule has 0 N–H and O–H groups in total. The Hall–Kier alpha value is -6.18. The highest BCUT2D eigenvalue weighted by atomic mass is 16.3. The molecule has 0 fully saturated rings. The van der Waals surface area contributed by atoms with Gasteiger partial charge in [-0.05, 0) is 107 Å². The second-order valence-corrected chi connectivity index (χ2v) is 12.4. The van der Waals surface area contributed by atoms with Crippen LogP contribution in [0.1, 0.15) is 0 Å². The molecule has 10 aromatic rings. The zero-order valence-corrected chi connectivity index (χ0v) is 25.6. The zero-order valence-electron chi connectivity index (χ0n) is 25.6. The molecule has 0 saturated heterocycles. The fourth-order valence-corrected chi connectivity index (χ4v) is 7.73. The molecule has 0 radical (unpaired) electrons. The Balaban J connectivity index is 1.38. The van der Waals surface area contributed by atoms with Gasteiger partial charge in [0, 0.05) is 10.8 Å². The summed E-state index contributed by atoms with van der Waals surface area (Å²) in [4.78, 5) is 0. The van der Waals surface area contributed by atoms with Crippen molar-refractivity contribution >= 4 is 65.0 Å². The van der Waals surface area contributed by atoms with Crippen molar-refractivity contribution in [3.63, 3.8) is 0 Å². The molecule has 0 aliphatic carbocycles. The van der Waals surface area contributed by atoms with E-state index in [1.54, 1.807) is 0 Å². The Kier molecular flexibility index (Phi) is 5.64. The van der Waals surface area contributed by atoms with Gasteiger partial charge in [0.15, 0.2) is 0 Å². The minimum absolute atomic E-state index is 0.911. The molecule has 10 rings (SSSR count). The monoisotopic (exact) mass is 596 g/mol. The van der Waals surface area contributed by atoms with Crippen LogP contribution in [0.5, 0.6) is 0 Å². The lowest BCUT2D eigenvalue weighted by Gasteiger charge is -2.20. The quantitative estimate of drug-likeness (QED) is 0.146. The van der Waals surface area contributed by atoms with Crippen LogP contribution in [0.25, 0.3) is 98.4 Å². The summed E-state index contributed by atoms with van der Waals surface area (Å²) < 4.78 is 6.24. The summed E-state index contributed by atoms with van der Waals surface area (Å²) in [5.41, 5.74) is 9.22. The van der Waals surface area contributed by atoms with Gasteiger partial charge in [-0.1, -0.05) is 140 Å². The van der Waals surface area contributed by atoms with E-state index >= 15 is 0 Å². The van der Waals surface area contributed by atoms with Crippen LogP contribution >= 0.6 is 0 Å². The van der Waals surface area contributed by atoms with Crippen LogP contribution in [-0.4, -0.2) is 0 Å². The molecular weight excluding hydrogens is 569 g/mol. The lowest BCUT2D eigenvalue weighted by atomic mass is 9.83. The summed E-state index contributed by atoms with van der Waals surface area (Å²) >= 11 is 0. The highest BCUT2D eigenvalue weighted by Crippen LogP contribution is 2.48. The van der Waals surface area contributed by atoms with Crippen molar-refractivity contribution in [2.45, 2.75) is 0 Å². The highest BCUT2D eigenvalue weighted by Gasteiger charge is 2.20. The number of fused-ring (bicyclic) bond motifs is 8. The van der Waals surface area contributed by atoms with Crippen LogP contribution in [0, 0.1) is 0 Å². The fraction of sp³-hybridized carbons (Fsp3) is 0. The maximum Gasteiger partial charge on any atom is 0.135 e. The van der Waals surface area contributed by atoms with Crippen LogP contribution in [-0.2, 0) is 0 Å². The molecule has 1 nitrogen and oxygen atoms in total. The van der Waals surface area contributed by atoms with Gasteiger partial charge in [-0.3, -0.25) is 0 Å². The van der Waals surface area contributed by atoms with E-state index in [2.05, 4.69) is 158 Å². The summed E-state index contributed by atoms with van der Waals surface area (Å²) in [6.07, 6.45) is 0. The first-order valence-corrected chi connectivity index (χ1v) is 16.2. The molecule has 0 aliphatic rings. The summed E-state index contributed by atoms with van der Waals surface area (Å²) in [6.45, 7) is 0. The third-order valence-corrected chi connectivity index (χ3v) is 9.83. The minimum Gasteiger partial charge on any atom is -0.456 e. The second-order valence-electron chi connectivity index (χ2n) is 12.4. The first-order chi connectivity index (χ1) is 23.3. The van der Waals surface area contributed by atoms with E-state index in [4.69, 9.17) is 4.42 Å². The molecule has 1 heteroatoms. The van der Waals surface area contributed by atoms with E-state index in [0.29, 0.717) is 0 Å². The van der Waals surface area contributed by atoms with Gasteiger partial charge in [0.1, 0.15) is 11.2 Å². The molecule has 218 valence electrons.